The van der Waals surface area contributed by atoms with Gasteiger partial charge in [-0.3, -0.25) is 9.79 Å². The highest BCUT2D eigenvalue weighted by molar-refractivity contribution is 5.92. The molecule has 0 fully saturated rings. The maximum atomic E-state index is 11.1. The van der Waals surface area contributed by atoms with Crippen molar-refractivity contribution < 1.29 is 4.79 Å². The fourth-order valence-electron chi connectivity index (χ4n) is 2.98. The average Bonchev–Trinajstić information content (AvgIpc) is 2.62. The van der Waals surface area contributed by atoms with Crippen molar-refractivity contribution in [1.29, 1.82) is 0 Å². The third-order valence-electron chi connectivity index (χ3n) is 4.33. The first-order valence-corrected chi connectivity index (χ1v) is 8.08. The summed E-state index contributed by atoms with van der Waals surface area (Å²) in [4.78, 5) is 17.8. The van der Waals surface area contributed by atoms with Crippen LogP contribution in [0.4, 0.5) is 0 Å². The van der Waals surface area contributed by atoms with Crippen LogP contribution in [0.25, 0.3) is 0 Å². The monoisotopic (exact) mass is 322 g/mol. The number of carbonyl (C=O) groups is 1. The molecular formula is C19H22N4O. The largest absolute Gasteiger partial charge is 0.366 e. The first-order chi connectivity index (χ1) is 11.7. The van der Waals surface area contributed by atoms with E-state index in [0.29, 0.717) is 12.1 Å². The normalized spacial score (nSPS) is 14.2. The third kappa shape index (κ3) is 3.56. The Bertz CT molecular complexity index is 752. The van der Waals surface area contributed by atoms with Crippen LogP contribution in [0.15, 0.2) is 53.5 Å². The lowest BCUT2D eigenvalue weighted by atomic mass is 10.0. The van der Waals surface area contributed by atoms with Crippen molar-refractivity contribution in [2.75, 3.05) is 13.6 Å². The van der Waals surface area contributed by atoms with Crippen LogP contribution in [0.5, 0.6) is 0 Å². The molecule has 124 valence electrons. The highest BCUT2D eigenvalue weighted by Gasteiger charge is 2.18. The Morgan fingerprint density at radius 1 is 1.17 bits per heavy atom. The summed E-state index contributed by atoms with van der Waals surface area (Å²) in [6.07, 6.45) is 1.03. The first kappa shape index (κ1) is 16.1. The number of nitrogens with one attached hydrogen (secondary N) is 1. The van der Waals surface area contributed by atoms with Crippen molar-refractivity contribution in [1.82, 2.24) is 10.2 Å². The molecule has 0 aromatic heterocycles. The van der Waals surface area contributed by atoms with Crippen LogP contribution in [-0.4, -0.2) is 30.4 Å². The van der Waals surface area contributed by atoms with Gasteiger partial charge in [-0.15, -0.1) is 0 Å². The second-order valence-electron chi connectivity index (χ2n) is 5.90. The molecule has 0 aliphatic carbocycles. The molecule has 0 unspecified atom stereocenters. The van der Waals surface area contributed by atoms with Gasteiger partial charge in [0.15, 0.2) is 5.96 Å². The van der Waals surface area contributed by atoms with Crippen molar-refractivity contribution in [3.05, 3.63) is 70.8 Å². The standard InChI is InChI=1S/C19H22N4O/c1-21-19(22-12-14-6-8-16(9-7-14)18(20)24)23-11-10-15-4-2-3-5-17(15)13-23/h2-9H,10-13H2,1H3,(H2,20,24)(H,21,22). The topological polar surface area (TPSA) is 70.7 Å². The Labute approximate surface area is 142 Å². The lowest BCUT2D eigenvalue weighted by Crippen LogP contribution is -2.43. The first-order valence-electron chi connectivity index (χ1n) is 8.08. The lowest BCUT2D eigenvalue weighted by Gasteiger charge is -2.31. The quantitative estimate of drug-likeness (QED) is 0.670. The van der Waals surface area contributed by atoms with Crippen LogP contribution >= 0.6 is 0 Å². The lowest BCUT2D eigenvalue weighted by molar-refractivity contribution is 0.100. The van der Waals surface area contributed by atoms with Gasteiger partial charge in [0, 0.05) is 32.2 Å². The van der Waals surface area contributed by atoms with Crippen molar-refractivity contribution in [3.8, 4) is 0 Å². The van der Waals surface area contributed by atoms with E-state index < -0.39 is 5.91 Å². The zero-order chi connectivity index (χ0) is 16.9. The van der Waals surface area contributed by atoms with Gasteiger partial charge >= 0.3 is 0 Å². The van der Waals surface area contributed by atoms with Crippen molar-refractivity contribution in [2.45, 2.75) is 19.5 Å². The minimum Gasteiger partial charge on any atom is -0.366 e. The molecule has 1 heterocycles. The second kappa shape index (κ2) is 7.17. The zero-order valence-electron chi connectivity index (χ0n) is 13.8. The summed E-state index contributed by atoms with van der Waals surface area (Å²) in [5, 5.41) is 3.39. The van der Waals surface area contributed by atoms with Crippen molar-refractivity contribution in [2.24, 2.45) is 10.7 Å². The summed E-state index contributed by atoms with van der Waals surface area (Å²) in [5.41, 5.74) is 9.65. The summed E-state index contributed by atoms with van der Waals surface area (Å²) in [6.45, 7) is 2.48. The van der Waals surface area contributed by atoms with E-state index in [9.17, 15) is 4.79 Å². The molecule has 5 nitrogen and oxygen atoms in total. The number of benzene rings is 2. The second-order valence-corrected chi connectivity index (χ2v) is 5.90. The SMILES string of the molecule is CN=C(NCc1ccc(C(N)=O)cc1)N1CCc2ccccc2C1. The van der Waals surface area contributed by atoms with Gasteiger partial charge < -0.3 is 16.0 Å². The Hall–Kier alpha value is -2.82. The van der Waals surface area contributed by atoms with E-state index in [4.69, 9.17) is 5.73 Å². The predicted molar refractivity (Wildman–Crippen MR) is 95.7 cm³/mol. The number of rotatable bonds is 3. The molecule has 2 aromatic rings. The molecule has 24 heavy (non-hydrogen) atoms. The number of carbonyl (C=O) groups excluding carboxylic acids is 1. The van der Waals surface area contributed by atoms with E-state index in [1.165, 1.54) is 11.1 Å². The summed E-state index contributed by atoms with van der Waals surface area (Å²) >= 11 is 0. The number of amides is 1. The molecule has 0 bridgehead atoms. The van der Waals surface area contributed by atoms with Gasteiger partial charge in [-0.05, 0) is 35.2 Å². The van der Waals surface area contributed by atoms with Gasteiger partial charge in [0.1, 0.15) is 0 Å². The molecule has 0 saturated carbocycles. The summed E-state index contributed by atoms with van der Waals surface area (Å²) in [7, 11) is 1.80. The molecule has 1 amide bonds. The Balaban J connectivity index is 1.62. The molecule has 0 atom stereocenters. The molecule has 2 aromatic carbocycles. The Morgan fingerprint density at radius 2 is 1.88 bits per heavy atom. The van der Waals surface area contributed by atoms with Gasteiger partial charge in [0.05, 0.1) is 0 Å². The van der Waals surface area contributed by atoms with E-state index in [2.05, 4.69) is 39.5 Å². The minimum absolute atomic E-state index is 0.405. The van der Waals surface area contributed by atoms with Crippen LogP contribution in [0.1, 0.15) is 27.0 Å². The molecule has 0 spiro atoms. The van der Waals surface area contributed by atoms with Gasteiger partial charge in [0.25, 0.3) is 0 Å². The fourth-order valence-corrected chi connectivity index (χ4v) is 2.98. The third-order valence-corrected chi connectivity index (χ3v) is 4.33. The highest BCUT2D eigenvalue weighted by Crippen LogP contribution is 2.18. The molecule has 0 saturated heterocycles. The van der Waals surface area contributed by atoms with E-state index in [-0.39, 0.29) is 0 Å². The number of guanidine groups is 1. The Morgan fingerprint density at radius 3 is 2.54 bits per heavy atom. The van der Waals surface area contributed by atoms with E-state index in [1.54, 1.807) is 19.2 Å². The van der Waals surface area contributed by atoms with Crippen LogP contribution < -0.4 is 11.1 Å². The fraction of sp³-hybridized carbons (Fsp3) is 0.263. The number of primary amides is 1. The van der Waals surface area contributed by atoms with Gasteiger partial charge in [-0.2, -0.15) is 0 Å². The number of nitrogens with zero attached hydrogens (tertiary/aromatic N) is 2. The average molecular weight is 322 g/mol. The summed E-state index contributed by atoms with van der Waals surface area (Å²) in [5.74, 6) is 0.487. The molecule has 1 aliphatic heterocycles. The molecule has 3 N–H and O–H groups in total. The van der Waals surface area contributed by atoms with Crippen LogP contribution in [-0.2, 0) is 19.5 Å². The van der Waals surface area contributed by atoms with Gasteiger partial charge in [0.2, 0.25) is 5.91 Å². The van der Waals surface area contributed by atoms with Crippen LogP contribution in [0.3, 0.4) is 0 Å². The number of hydrogen-bond acceptors (Lipinski definition) is 2. The molecule has 1 aliphatic rings. The predicted octanol–water partition coefficient (Wildman–Crippen LogP) is 1.92. The molecule has 5 heteroatoms. The minimum atomic E-state index is -0.405. The van der Waals surface area contributed by atoms with E-state index in [1.807, 2.05) is 12.1 Å². The maximum Gasteiger partial charge on any atom is 0.248 e. The number of fused-ring (bicyclic) bond motifs is 1. The Kier molecular flexibility index (Phi) is 4.79. The van der Waals surface area contributed by atoms with Gasteiger partial charge in [-0.1, -0.05) is 36.4 Å². The van der Waals surface area contributed by atoms with Crippen LogP contribution in [0, 0.1) is 0 Å². The number of hydrogen-bond donors (Lipinski definition) is 2. The highest BCUT2D eigenvalue weighted by atomic mass is 16.1. The van der Waals surface area contributed by atoms with E-state index in [0.717, 1.165) is 31.0 Å². The molecule has 0 radical (unpaired) electrons. The molecule has 3 rings (SSSR count). The van der Waals surface area contributed by atoms with Crippen molar-refractivity contribution >= 4 is 11.9 Å². The zero-order valence-corrected chi connectivity index (χ0v) is 13.8. The van der Waals surface area contributed by atoms with Crippen molar-refractivity contribution in [3.63, 3.8) is 0 Å². The summed E-state index contributed by atoms with van der Waals surface area (Å²) < 4.78 is 0. The molecular weight excluding hydrogens is 300 g/mol. The maximum absolute atomic E-state index is 11.1. The van der Waals surface area contributed by atoms with Crippen LogP contribution in [0.2, 0.25) is 0 Å². The van der Waals surface area contributed by atoms with Gasteiger partial charge in [-0.25, -0.2) is 0 Å². The number of nitrogens with two attached hydrogens (primary N) is 1. The number of aliphatic imine (C=N–C) groups is 1. The van der Waals surface area contributed by atoms with E-state index >= 15 is 0 Å². The summed E-state index contributed by atoms with van der Waals surface area (Å²) in [6, 6.07) is 15.9. The smallest absolute Gasteiger partial charge is 0.248 e.